The van der Waals surface area contributed by atoms with Gasteiger partial charge in [0.1, 0.15) is 12.4 Å². The van der Waals surface area contributed by atoms with Crippen molar-refractivity contribution in [2.24, 2.45) is 0 Å². The largest absolute Gasteiger partial charge is 0.493 e. The Morgan fingerprint density at radius 2 is 2.10 bits per heavy atom. The fourth-order valence-corrected chi connectivity index (χ4v) is 3.55. The summed E-state index contributed by atoms with van der Waals surface area (Å²) in [5.41, 5.74) is 2.38. The summed E-state index contributed by atoms with van der Waals surface area (Å²) in [6.45, 7) is 5.57. The Bertz CT molecular complexity index is 938. The molecule has 6 nitrogen and oxygen atoms in total. The topological polar surface area (TPSA) is 66.0 Å². The van der Waals surface area contributed by atoms with Crippen molar-refractivity contribution in [3.05, 3.63) is 52.6 Å². The maximum absolute atomic E-state index is 12.5. The van der Waals surface area contributed by atoms with Crippen molar-refractivity contribution in [3.63, 3.8) is 0 Å². The first-order chi connectivity index (χ1) is 15.0. The minimum atomic E-state index is -0.283. The van der Waals surface area contributed by atoms with Crippen molar-refractivity contribution in [1.82, 2.24) is 0 Å². The summed E-state index contributed by atoms with van der Waals surface area (Å²) >= 11 is 6.30. The fraction of sp³-hybridized carbons (Fsp3) is 0.375. The van der Waals surface area contributed by atoms with Crippen LogP contribution in [-0.4, -0.2) is 38.9 Å². The van der Waals surface area contributed by atoms with Crippen LogP contribution >= 0.6 is 11.6 Å². The molecule has 2 aromatic carbocycles. The minimum absolute atomic E-state index is 0.100. The highest BCUT2D eigenvalue weighted by molar-refractivity contribution is 6.32. The molecule has 0 radical (unpaired) electrons. The first-order valence-electron chi connectivity index (χ1n) is 10.3. The van der Waals surface area contributed by atoms with E-state index in [4.69, 9.17) is 30.5 Å². The zero-order valence-corrected chi connectivity index (χ0v) is 18.8. The molecule has 0 spiro atoms. The van der Waals surface area contributed by atoms with Crippen molar-refractivity contribution in [1.29, 1.82) is 0 Å². The van der Waals surface area contributed by atoms with E-state index in [0.717, 1.165) is 30.6 Å². The van der Waals surface area contributed by atoms with Gasteiger partial charge in [-0.3, -0.25) is 4.79 Å². The number of ether oxygens (including phenoxy) is 4. The number of methoxy groups -OCH3 is 1. The van der Waals surface area contributed by atoms with Crippen LogP contribution in [0.4, 0.5) is 5.69 Å². The molecule has 1 aliphatic rings. The van der Waals surface area contributed by atoms with Crippen molar-refractivity contribution in [3.8, 4) is 17.2 Å². The maximum atomic E-state index is 12.5. The van der Waals surface area contributed by atoms with Gasteiger partial charge in [-0.1, -0.05) is 17.7 Å². The van der Waals surface area contributed by atoms with E-state index in [1.807, 2.05) is 32.0 Å². The second kappa shape index (κ2) is 11.1. The highest BCUT2D eigenvalue weighted by Crippen LogP contribution is 2.36. The van der Waals surface area contributed by atoms with Crippen LogP contribution in [0, 0.1) is 6.92 Å². The van der Waals surface area contributed by atoms with Crippen LogP contribution in [-0.2, 0) is 9.53 Å². The Morgan fingerprint density at radius 1 is 1.26 bits per heavy atom. The van der Waals surface area contributed by atoms with E-state index in [1.54, 1.807) is 25.3 Å². The van der Waals surface area contributed by atoms with Gasteiger partial charge in [-0.2, -0.15) is 0 Å². The van der Waals surface area contributed by atoms with Gasteiger partial charge in [0.15, 0.2) is 11.5 Å². The smallest absolute Gasteiger partial charge is 0.248 e. The number of hydrogen-bond acceptors (Lipinski definition) is 5. The lowest BCUT2D eigenvalue weighted by atomic mass is 10.1. The molecule has 2 aromatic rings. The third kappa shape index (κ3) is 6.39. The summed E-state index contributed by atoms with van der Waals surface area (Å²) in [5.74, 6) is 1.34. The lowest BCUT2D eigenvalue weighted by molar-refractivity contribution is -0.111. The molecule has 1 atom stereocenters. The molecule has 1 amide bonds. The predicted molar refractivity (Wildman–Crippen MR) is 122 cm³/mol. The second-order valence-corrected chi connectivity index (χ2v) is 7.64. The van der Waals surface area contributed by atoms with Crippen molar-refractivity contribution in [2.75, 3.05) is 32.2 Å². The molecule has 0 bridgehead atoms. The van der Waals surface area contributed by atoms with Crippen LogP contribution in [0.1, 0.15) is 30.9 Å². The monoisotopic (exact) mass is 445 g/mol. The predicted octanol–water partition coefficient (Wildman–Crippen LogP) is 5.27. The van der Waals surface area contributed by atoms with E-state index in [9.17, 15) is 4.79 Å². The Morgan fingerprint density at radius 3 is 2.81 bits per heavy atom. The summed E-state index contributed by atoms with van der Waals surface area (Å²) in [4.78, 5) is 12.5. The normalized spacial score (nSPS) is 15.8. The van der Waals surface area contributed by atoms with E-state index in [2.05, 4.69) is 5.32 Å². The van der Waals surface area contributed by atoms with E-state index in [1.165, 1.54) is 6.08 Å². The second-order valence-electron chi connectivity index (χ2n) is 7.24. The lowest BCUT2D eigenvalue weighted by Crippen LogP contribution is -2.17. The highest BCUT2D eigenvalue weighted by atomic mass is 35.5. The summed E-state index contributed by atoms with van der Waals surface area (Å²) in [5, 5.41) is 3.30. The van der Waals surface area contributed by atoms with Crippen molar-refractivity contribution >= 4 is 29.3 Å². The average molecular weight is 446 g/mol. The van der Waals surface area contributed by atoms with Crippen LogP contribution in [0.25, 0.3) is 6.08 Å². The van der Waals surface area contributed by atoms with Crippen LogP contribution in [0.5, 0.6) is 17.2 Å². The molecule has 1 fully saturated rings. The number of benzene rings is 2. The van der Waals surface area contributed by atoms with E-state index >= 15 is 0 Å². The van der Waals surface area contributed by atoms with Gasteiger partial charge in [-0.25, -0.2) is 0 Å². The molecule has 1 saturated heterocycles. The number of aryl methyl sites for hydroxylation is 1. The zero-order chi connectivity index (χ0) is 22.2. The molecule has 1 aliphatic heterocycles. The molecular weight excluding hydrogens is 418 g/mol. The number of rotatable bonds is 9. The molecule has 0 saturated carbocycles. The average Bonchev–Trinajstić information content (AvgIpc) is 3.27. The molecule has 31 heavy (non-hydrogen) atoms. The third-order valence-corrected chi connectivity index (χ3v) is 5.09. The molecule has 0 aliphatic carbocycles. The lowest BCUT2D eigenvalue weighted by Gasteiger charge is -2.15. The van der Waals surface area contributed by atoms with Crippen molar-refractivity contribution < 1.29 is 23.7 Å². The Kier molecular flexibility index (Phi) is 8.20. The van der Waals surface area contributed by atoms with Gasteiger partial charge >= 0.3 is 0 Å². The number of amides is 1. The van der Waals surface area contributed by atoms with E-state index in [0.29, 0.717) is 41.2 Å². The highest BCUT2D eigenvalue weighted by Gasteiger charge is 2.17. The first kappa shape index (κ1) is 23.0. The molecule has 1 unspecified atom stereocenters. The van der Waals surface area contributed by atoms with Gasteiger partial charge in [-0.15, -0.1) is 0 Å². The first-order valence-corrected chi connectivity index (χ1v) is 10.7. The molecule has 0 aromatic heterocycles. The Balaban J connectivity index is 1.69. The summed E-state index contributed by atoms with van der Waals surface area (Å²) in [6, 6.07) is 9.16. The third-order valence-electron chi connectivity index (χ3n) is 4.81. The van der Waals surface area contributed by atoms with Gasteiger partial charge < -0.3 is 24.3 Å². The van der Waals surface area contributed by atoms with Crippen LogP contribution in [0.3, 0.4) is 0 Å². The van der Waals surface area contributed by atoms with Gasteiger partial charge in [-0.05, 0) is 68.2 Å². The van der Waals surface area contributed by atoms with Crippen LogP contribution in [0.2, 0.25) is 5.02 Å². The number of hydrogen-bond donors (Lipinski definition) is 1. The fourth-order valence-electron chi connectivity index (χ4n) is 3.28. The van der Waals surface area contributed by atoms with Gasteiger partial charge in [0.05, 0.1) is 30.5 Å². The number of carbonyl (C=O) groups is 1. The number of halogens is 1. The van der Waals surface area contributed by atoms with Crippen molar-refractivity contribution in [2.45, 2.75) is 32.8 Å². The molecule has 7 heteroatoms. The molecule has 1 N–H and O–H groups in total. The summed E-state index contributed by atoms with van der Waals surface area (Å²) < 4.78 is 22.4. The quantitative estimate of drug-likeness (QED) is 0.533. The molecule has 166 valence electrons. The van der Waals surface area contributed by atoms with E-state index < -0.39 is 0 Å². The molecular formula is C24H28ClNO5. The summed E-state index contributed by atoms with van der Waals surface area (Å²) in [6.07, 6.45) is 5.25. The van der Waals surface area contributed by atoms with Crippen LogP contribution in [0.15, 0.2) is 36.4 Å². The number of nitrogens with one attached hydrogen (secondary N) is 1. The van der Waals surface area contributed by atoms with Gasteiger partial charge in [0.25, 0.3) is 0 Å². The molecule has 1 heterocycles. The van der Waals surface area contributed by atoms with Gasteiger partial charge in [0, 0.05) is 12.7 Å². The number of anilines is 1. The Labute approximate surface area is 188 Å². The number of carbonyl (C=O) groups excluding carboxylic acids is 1. The van der Waals surface area contributed by atoms with Crippen LogP contribution < -0.4 is 19.5 Å². The van der Waals surface area contributed by atoms with E-state index in [-0.39, 0.29) is 12.0 Å². The van der Waals surface area contributed by atoms with Gasteiger partial charge in [0.2, 0.25) is 5.91 Å². The molecule has 3 rings (SSSR count). The minimum Gasteiger partial charge on any atom is -0.493 e. The Hall–Kier alpha value is -2.70. The maximum Gasteiger partial charge on any atom is 0.248 e. The summed E-state index contributed by atoms with van der Waals surface area (Å²) in [7, 11) is 1.55. The zero-order valence-electron chi connectivity index (χ0n) is 18.1. The standard InChI is InChI=1S/C24H28ClNO5/c1-4-29-24-19(25)13-17(14-22(24)28-3)8-10-23(27)26-20-9-7-16(2)12-21(20)31-15-18-6-5-11-30-18/h7-10,12-14,18H,4-6,11,15H2,1-3H3,(H,26,27). The SMILES string of the molecule is CCOc1c(Cl)cc(C=CC(=O)Nc2ccc(C)cc2OCC2CCCO2)cc1OC.